The molecule has 0 aliphatic rings. The number of aryl methyl sites for hydroxylation is 1. The molecular weight excluding hydrogens is 240 g/mol. The number of furan rings is 1. The van der Waals surface area contributed by atoms with Gasteiger partial charge in [-0.25, -0.2) is 4.98 Å². The summed E-state index contributed by atoms with van der Waals surface area (Å²) in [6, 6.07) is 6.89. The lowest BCUT2D eigenvalue weighted by Crippen LogP contribution is -2.12. The van der Waals surface area contributed by atoms with E-state index in [-0.39, 0.29) is 17.5 Å². The lowest BCUT2D eigenvalue weighted by atomic mass is 10.3. The Morgan fingerprint density at radius 3 is 2.94 bits per heavy atom. The summed E-state index contributed by atoms with van der Waals surface area (Å²) in [5.41, 5.74) is 1.02. The van der Waals surface area contributed by atoms with Crippen molar-refractivity contribution < 1.29 is 9.21 Å². The standard InChI is InChI=1S/C12H11ClN2O2/c1-8-4-5-14-11(6-8)15-12(16)10-3-2-9(7-13)17-10/h2-6H,7H2,1H3,(H,14,15,16). The van der Waals surface area contributed by atoms with E-state index in [1.54, 1.807) is 24.4 Å². The highest BCUT2D eigenvalue weighted by Crippen LogP contribution is 2.12. The molecule has 0 fully saturated rings. The number of halogens is 1. The highest BCUT2D eigenvalue weighted by atomic mass is 35.5. The van der Waals surface area contributed by atoms with Crippen LogP contribution in [0.2, 0.25) is 0 Å². The number of nitrogens with zero attached hydrogens (tertiary/aromatic N) is 1. The number of nitrogens with one attached hydrogen (secondary N) is 1. The monoisotopic (exact) mass is 250 g/mol. The molecule has 0 atom stereocenters. The molecule has 5 heteroatoms. The van der Waals surface area contributed by atoms with E-state index in [1.807, 2.05) is 13.0 Å². The summed E-state index contributed by atoms with van der Waals surface area (Å²) in [7, 11) is 0. The molecule has 0 saturated carbocycles. The predicted molar refractivity (Wildman–Crippen MR) is 65.2 cm³/mol. The van der Waals surface area contributed by atoms with Crippen LogP contribution in [0.3, 0.4) is 0 Å². The third kappa shape index (κ3) is 2.85. The Morgan fingerprint density at radius 2 is 2.29 bits per heavy atom. The normalized spacial score (nSPS) is 10.2. The Morgan fingerprint density at radius 1 is 1.47 bits per heavy atom. The zero-order chi connectivity index (χ0) is 12.3. The molecule has 0 bridgehead atoms. The number of aromatic nitrogens is 1. The van der Waals surface area contributed by atoms with Gasteiger partial charge in [0.15, 0.2) is 5.76 Å². The second-order valence-corrected chi connectivity index (χ2v) is 3.84. The molecule has 2 aromatic rings. The Labute approximate surface area is 104 Å². The van der Waals surface area contributed by atoms with Gasteiger partial charge in [0.1, 0.15) is 11.6 Å². The second kappa shape index (κ2) is 5.01. The highest BCUT2D eigenvalue weighted by Gasteiger charge is 2.11. The molecule has 0 unspecified atom stereocenters. The third-order valence-corrected chi connectivity index (χ3v) is 2.44. The van der Waals surface area contributed by atoms with E-state index >= 15 is 0 Å². The lowest BCUT2D eigenvalue weighted by molar-refractivity contribution is 0.0995. The number of hydrogen-bond donors (Lipinski definition) is 1. The minimum Gasteiger partial charge on any atom is -0.455 e. The topological polar surface area (TPSA) is 55.1 Å². The Balaban J connectivity index is 2.11. The number of anilines is 1. The zero-order valence-electron chi connectivity index (χ0n) is 9.24. The molecule has 17 heavy (non-hydrogen) atoms. The molecular formula is C12H11ClN2O2. The number of rotatable bonds is 3. The van der Waals surface area contributed by atoms with E-state index < -0.39 is 0 Å². The molecule has 4 nitrogen and oxygen atoms in total. The summed E-state index contributed by atoms with van der Waals surface area (Å²) < 4.78 is 5.23. The van der Waals surface area contributed by atoms with Crippen LogP contribution in [0, 0.1) is 6.92 Å². The SMILES string of the molecule is Cc1ccnc(NC(=O)c2ccc(CCl)o2)c1. The lowest BCUT2D eigenvalue weighted by Gasteiger charge is -2.02. The highest BCUT2D eigenvalue weighted by molar-refractivity contribution is 6.16. The van der Waals surface area contributed by atoms with E-state index in [0.717, 1.165) is 5.56 Å². The van der Waals surface area contributed by atoms with Gasteiger partial charge in [0.05, 0.1) is 5.88 Å². The van der Waals surface area contributed by atoms with Gasteiger partial charge in [-0.05, 0) is 36.8 Å². The minimum absolute atomic E-state index is 0.226. The van der Waals surface area contributed by atoms with Crippen LogP contribution in [0.1, 0.15) is 21.9 Å². The second-order valence-electron chi connectivity index (χ2n) is 3.57. The summed E-state index contributed by atoms with van der Waals surface area (Å²) in [5.74, 6) is 1.20. The van der Waals surface area contributed by atoms with Gasteiger partial charge in [0, 0.05) is 6.20 Å². The van der Waals surface area contributed by atoms with Crippen LogP contribution in [0.5, 0.6) is 0 Å². The maximum absolute atomic E-state index is 11.8. The van der Waals surface area contributed by atoms with Crippen molar-refractivity contribution in [1.82, 2.24) is 4.98 Å². The first-order valence-electron chi connectivity index (χ1n) is 5.08. The average molecular weight is 251 g/mol. The van der Waals surface area contributed by atoms with Crippen molar-refractivity contribution in [2.45, 2.75) is 12.8 Å². The van der Waals surface area contributed by atoms with Crippen molar-refractivity contribution in [2.75, 3.05) is 5.32 Å². The van der Waals surface area contributed by atoms with Gasteiger partial charge >= 0.3 is 0 Å². The molecule has 1 N–H and O–H groups in total. The number of pyridine rings is 1. The molecule has 2 heterocycles. The number of alkyl halides is 1. The smallest absolute Gasteiger partial charge is 0.292 e. The summed E-state index contributed by atoms with van der Waals surface area (Å²) in [4.78, 5) is 15.8. The molecule has 2 rings (SSSR count). The molecule has 0 aromatic carbocycles. The first-order chi connectivity index (χ1) is 8.19. The van der Waals surface area contributed by atoms with Crippen molar-refractivity contribution in [1.29, 1.82) is 0 Å². The average Bonchev–Trinajstić information content (AvgIpc) is 2.77. The third-order valence-electron chi connectivity index (χ3n) is 2.17. The number of carbonyl (C=O) groups excluding carboxylic acids is 1. The fourth-order valence-electron chi connectivity index (χ4n) is 1.35. The predicted octanol–water partition coefficient (Wildman–Crippen LogP) is 2.97. The van der Waals surface area contributed by atoms with E-state index in [2.05, 4.69) is 10.3 Å². The van der Waals surface area contributed by atoms with Crippen LogP contribution in [0.4, 0.5) is 5.82 Å². The maximum Gasteiger partial charge on any atom is 0.292 e. The Hall–Kier alpha value is -1.81. The van der Waals surface area contributed by atoms with Crippen molar-refractivity contribution >= 4 is 23.3 Å². The number of hydrogen-bond acceptors (Lipinski definition) is 3. The van der Waals surface area contributed by atoms with Crippen molar-refractivity contribution in [3.63, 3.8) is 0 Å². The summed E-state index contributed by atoms with van der Waals surface area (Å²) in [6.07, 6.45) is 1.64. The van der Waals surface area contributed by atoms with Gasteiger partial charge in [-0.3, -0.25) is 4.79 Å². The molecule has 0 aliphatic carbocycles. The van der Waals surface area contributed by atoms with Crippen molar-refractivity contribution in [3.05, 3.63) is 47.5 Å². The minimum atomic E-state index is -0.334. The van der Waals surface area contributed by atoms with Crippen LogP contribution in [0.25, 0.3) is 0 Å². The zero-order valence-corrected chi connectivity index (χ0v) is 9.99. The quantitative estimate of drug-likeness (QED) is 0.852. The number of carbonyl (C=O) groups is 1. The van der Waals surface area contributed by atoms with Crippen LogP contribution >= 0.6 is 11.6 Å². The van der Waals surface area contributed by atoms with Crippen molar-refractivity contribution in [3.8, 4) is 0 Å². The molecule has 0 saturated heterocycles. The molecule has 1 amide bonds. The van der Waals surface area contributed by atoms with Gasteiger partial charge in [0.25, 0.3) is 5.91 Å². The van der Waals surface area contributed by atoms with Crippen LogP contribution in [0.15, 0.2) is 34.9 Å². The van der Waals surface area contributed by atoms with E-state index in [4.69, 9.17) is 16.0 Å². The Kier molecular flexibility index (Phi) is 3.44. The first kappa shape index (κ1) is 11.7. The summed E-state index contributed by atoms with van der Waals surface area (Å²) >= 11 is 5.59. The van der Waals surface area contributed by atoms with Gasteiger partial charge in [-0.15, -0.1) is 11.6 Å². The van der Waals surface area contributed by atoms with Crippen LogP contribution in [-0.4, -0.2) is 10.9 Å². The maximum atomic E-state index is 11.8. The van der Waals surface area contributed by atoms with Gasteiger partial charge in [-0.1, -0.05) is 0 Å². The summed E-state index contributed by atoms with van der Waals surface area (Å²) in [5, 5.41) is 2.65. The van der Waals surface area contributed by atoms with Crippen molar-refractivity contribution in [2.24, 2.45) is 0 Å². The van der Waals surface area contributed by atoms with Gasteiger partial charge in [-0.2, -0.15) is 0 Å². The van der Waals surface area contributed by atoms with E-state index in [0.29, 0.717) is 11.6 Å². The van der Waals surface area contributed by atoms with E-state index in [1.165, 1.54) is 0 Å². The van der Waals surface area contributed by atoms with E-state index in [9.17, 15) is 4.79 Å². The molecule has 0 radical (unpaired) electrons. The van der Waals surface area contributed by atoms with Crippen LogP contribution in [-0.2, 0) is 5.88 Å². The molecule has 88 valence electrons. The fourth-order valence-corrected chi connectivity index (χ4v) is 1.50. The fraction of sp³-hybridized carbons (Fsp3) is 0.167. The van der Waals surface area contributed by atoms with Gasteiger partial charge < -0.3 is 9.73 Å². The first-order valence-corrected chi connectivity index (χ1v) is 5.61. The molecule has 2 aromatic heterocycles. The largest absolute Gasteiger partial charge is 0.455 e. The molecule has 0 aliphatic heterocycles. The van der Waals surface area contributed by atoms with Crippen LogP contribution < -0.4 is 5.32 Å². The Bertz CT molecular complexity index is 537. The number of amides is 1. The summed E-state index contributed by atoms with van der Waals surface area (Å²) in [6.45, 7) is 1.93. The van der Waals surface area contributed by atoms with Gasteiger partial charge in [0.2, 0.25) is 0 Å². The molecule has 0 spiro atoms.